The van der Waals surface area contributed by atoms with Crippen molar-refractivity contribution in [2.45, 2.75) is 13.8 Å². The van der Waals surface area contributed by atoms with Gasteiger partial charge in [0.1, 0.15) is 5.69 Å². The van der Waals surface area contributed by atoms with Crippen LogP contribution in [0.25, 0.3) is 0 Å². The first-order valence-electron chi connectivity index (χ1n) is 5.88. The predicted octanol–water partition coefficient (Wildman–Crippen LogP) is 4.50. The Morgan fingerprint density at radius 1 is 1.21 bits per heavy atom. The van der Waals surface area contributed by atoms with Crippen molar-refractivity contribution in [1.82, 2.24) is 0 Å². The van der Waals surface area contributed by atoms with E-state index >= 15 is 0 Å². The summed E-state index contributed by atoms with van der Waals surface area (Å²) in [6.45, 7) is 3.78. The fourth-order valence-electron chi connectivity index (χ4n) is 1.34. The van der Waals surface area contributed by atoms with E-state index in [9.17, 15) is 4.79 Å². The number of benzene rings is 1. The second-order valence-electron chi connectivity index (χ2n) is 3.64. The zero-order valence-electron chi connectivity index (χ0n) is 10.9. The maximum absolute atomic E-state index is 11.0. The summed E-state index contributed by atoms with van der Waals surface area (Å²) in [5.41, 5.74) is 1.13. The van der Waals surface area contributed by atoms with Crippen molar-refractivity contribution >= 4 is 11.7 Å². The fourth-order valence-corrected chi connectivity index (χ4v) is 1.34. The minimum Gasteiger partial charge on any atom is -0.478 e. The lowest BCUT2D eigenvalue weighted by molar-refractivity contribution is 0.0698. The summed E-state index contributed by atoms with van der Waals surface area (Å²) in [6, 6.07) is 6.51. The van der Waals surface area contributed by atoms with Gasteiger partial charge in [-0.1, -0.05) is 30.4 Å². The van der Waals surface area contributed by atoms with E-state index in [1.165, 1.54) is 6.07 Å². The summed E-state index contributed by atoms with van der Waals surface area (Å²) >= 11 is 0. The Balaban J connectivity index is 3.06. The number of nitrogens with zero attached hydrogens (tertiary/aromatic N) is 2. The van der Waals surface area contributed by atoms with Crippen molar-refractivity contribution < 1.29 is 9.90 Å². The zero-order chi connectivity index (χ0) is 14.1. The standard InChI is InChI=1S/C15H16N2O2/c1-3-5-9-12(8-4-2)16-17-14-11-7-6-10-13(14)15(18)19/h3-11H,1-2H3,(H,18,19)/b5-3+,8-4+,12-9+,17-16?. The number of carboxylic acid groups (broad SMARTS) is 1. The fraction of sp³-hybridized carbons (Fsp3) is 0.133. The molecule has 0 aromatic heterocycles. The topological polar surface area (TPSA) is 62.0 Å². The highest BCUT2D eigenvalue weighted by molar-refractivity contribution is 5.93. The third-order valence-corrected chi connectivity index (χ3v) is 2.20. The van der Waals surface area contributed by atoms with E-state index in [4.69, 9.17) is 5.11 Å². The molecular formula is C15H16N2O2. The molecule has 98 valence electrons. The SMILES string of the molecule is C/C=C/C=C(\C=C\C)N=Nc1ccccc1C(=O)O. The van der Waals surface area contributed by atoms with Gasteiger partial charge in [0, 0.05) is 0 Å². The molecule has 1 rings (SSSR count). The molecule has 0 saturated carbocycles. The maximum Gasteiger partial charge on any atom is 0.337 e. The second-order valence-corrected chi connectivity index (χ2v) is 3.64. The molecule has 0 bridgehead atoms. The van der Waals surface area contributed by atoms with Gasteiger partial charge in [-0.2, -0.15) is 5.11 Å². The molecule has 1 N–H and O–H groups in total. The lowest BCUT2D eigenvalue weighted by Gasteiger charge is -1.98. The molecule has 0 spiro atoms. The van der Waals surface area contributed by atoms with Gasteiger partial charge in [-0.05, 0) is 38.1 Å². The smallest absolute Gasteiger partial charge is 0.337 e. The van der Waals surface area contributed by atoms with Crippen LogP contribution in [-0.2, 0) is 0 Å². The van der Waals surface area contributed by atoms with E-state index in [1.807, 2.05) is 32.1 Å². The van der Waals surface area contributed by atoms with E-state index in [2.05, 4.69) is 10.2 Å². The molecule has 0 aliphatic rings. The van der Waals surface area contributed by atoms with Crippen LogP contribution in [0.2, 0.25) is 0 Å². The predicted molar refractivity (Wildman–Crippen MR) is 75.6 cm³/mol. The molecule has 1 aromatic rings. The Morgan fingerprint density at radius 3 is 2.58 bits per heavy atom. The largest absolute Gasteiger partial charge is 0.478 e. The van der Waals surface area contributed by atoms with Crippen molar-refractivity contribution in [1.29, 1.82) is 0 Å². The van der Waals surface area contributed by atoms with Crippen LogP contribution in [0.1, 0.15) is 24.2 Å². The third kappa shape index (κ3) is 4.71. The number of hydrogen-bond acceptors (Lipinski definition) is 3. The number of rotatable bonds is 5. The summed E-state index contributed by atoms with van der Waals surface area (Å²) in [4.78, 5) is 11.0. The van der Waals surface area contributed by atoms with Gasteiger partial charge in [-0.3, -0.25) is 0 Å². The van der Waals surface area contributed by atoms with Gasteiger partial charge in [0.15, 0.2) is 0 Å². The Hall–Kier alpha value is -2.49. The lowest BCUT2D eigenvalue weighted by Crippen LogP contribution is -1.95. The van der Waals surface area contributed by atoms with E-state index in [0.717, 1.165) is 0 Å². The van der Waals surface area contributed by atoms with Crippen LogP contribution < -0.4 is 0 Å². The molecule has 0 aliphatic heterocycles. The lowest BCUT2D eigenvalue weighted by atomic mass is 10.2. The molecule has 4 nitrogen and oxygen atoms in total. The quantitative estimate of drug-likeness (QED) is 0.622. The molecular weight excluding hydrogens is 240 g/mol. The minimum atomic E-state index is -1.01. The van der Waals surface area contributed by atoms with Crippen LogP contribution in [0.4, 0.5) is 5.69 Å². The molecule has 0 aliphatic carbocycles. The average Bonchev–Trinajstić information content (AvgIpc) is 2.42. The first kappa shape index (κ1) is 14.6. The number of carboxylic acids is 1. The number of allylic oxidation sites excluding steroid dienone is 5. The highest BCUT2D eigenvalue weighted by Gasteiger charge is 2.07. The Labute approximate surface area is 112 Å². The van der Waals surface area contributed by atoms with Gasteiger partial charge in [0.2, 0.25) is 0 Å². The van der Waals surface area contributed by atoms with Crippen molar-refractivity contribution in [3.63, 3.8) is 0 Å². The van der Waals surface area contributed by atoms with Crippen LogP contribution >= 0.6 is 0 Å². The number of aromatic carboxylic acids is 1. The van der Waals surface area contributed by atoms with Gasteiger partial charge in [-0.25, -0.2) is 4.79 Å². The minimum absolute atomic E-state index is 0.136. The van der Waals surface area contributed by atoms with Crippen LogP contribution in [0.15, 0.2) is 70.6 Å². The van der Waals surface area contributed by atoms with Crippen LogP contribution in [0.5, 0.6) is 0 Å². The average molecular weight is 256 g/mol. The summed E-state index contributed by atoms with van der Waals surface area (Å²) in [6.07, 6.45) is 9.17. The molecule has 0 radical (unpaired) electrons. The molecule has 0 atom stereocenters. The van der Waals surface area contributed by atoms with Gasteiger partial charge in [0.05, 0.1) is 11.3 Å². The molecule has 0 fully saturated rings. The van der Waals surface area contributed by atoms with Gasteiger partial charge < -0.3 is 5.11 Å². The van der Waals surface area contributed by atoms with Gasteiger partial charge in [-0.15, -0.1) is 5.11 Å². The third-order valence-electron chi connectivity index (χ3n) is 2.20. The number of carbonyl (C=O) groups is 1. The first-order valence-corrected chi connectivity index (χ1v) is 5.88. The van der Waals surface area contributed by atoms with Crippen molar-refractivity contribution in [3.8, 4) is 0 Å². The molecule has 0 amide bonds. The maximum atomic E-state index is 11.0. The number of hydrogen-bond donors (Lipinski definition) is 1. The van der Waals surface area contributed by atoms with Gasteiger partial charge in [0.25, 0.3) is 0 Å². The van der Waals surface area contributed by atoms with Crippen molar-refractivity contribution in [3.05, 3.63) is 65.9 Å². The number of azo groups is 1. The summed E-state index contributed by atoms with van der Waals surface area (Å²) in [5.74, 6) is -1.01. The monoisotopic (exact) mass is 256 g/mol. The normalized spacial score (nSPS) is 12.8. The van der Waals surface area contributed by atoms with Crippen LogP contribution in [0, 0.1) is 0 Å². The van der Waals surface area contributed by atoms with Crippen LogP contribution in [0.3, 0.4) is 0 Å². The highest BCUT2D eigenvalue weighted by atomic mass is 16.4. The highest BCUT2D eigenvalue weighted by Crippen LogP contribution is 2.20. The van der Waals surface area contributed by atoms with Crippen molar-refractivity contribution in [2.24, 2.45) is 10.2 Å². The Kier molecular flexibility index (Phi) is 5.95. The van der Waals surface area contributed by atoms with E-state index < -0.39 is 5.97 Å². The molecule has 0 heterocycles. The van der Waals surface area contributed by atoms with E-state index in [-0.39, 0.29) is 5.56 Å². The molecule has 1 aromatic carbocycles. The second kappa shape index (κ2) is 7.76. The van der Waals surface area contributed by atoms with Crippen molar-refractivity contribution in [2.75, 3.05) is 0 Å². The summed E-state index contributed by atoms with van der Waals surface area (Å²) < 4.78 is 0. The van der Waals surface area contributed by atoms with Gasteiger partial charge >= 0.3 is 5.97 Å². The first-order chi connectivity index (χ1) is 9.19. The zero-order valence-corrected chi connectivity index (χ0v) is 10.9. The summed E-state index contributed by atoms with van der Waals surface area (Å²) in [7, 11) is 0. The summed E-state index contributed by atoms with van der Waals surface area (Å²) in [5, 5.41) is 17.1. The Morgan fingerprint density at radius 2 is 1.95 bits per heavy atom. The molecule has 19 heavy (non-hydrogen) atoms. The molecule has 4 heteroatoms. The van der Waals surface area contributed by atoms with E-state index in [1.54, 1.807) is 30.4 Å². The Bertz CT molecular complexity index is 555. The van der Waals surface area contributed by atoms with Crippen LogP contribution in [-0.4, -0.2) is 11.1 Å². The molecule has 0 unspecified atom stereocenters. The van der Waals surface area contributed by atoms with E-state index in [0.29, 0.717) is 11.4 Å². The molecule has 0 saturated heterocycles.